The van der Waals surface area contributed by atoms with Crippen LogP contribution in [0.3, 0.4) is 0 Å². The van der Waals surface area contributed by atoms with Crippen LogP contribution in [-0.4, -0.2) is 35.9 Å². The SMILES string of the molecule is Cn1cc(Nc2ncnc(-c3ccc(CNC(=O)O)c(Cl)c3F)n2)cn1. The van der Waals surface area contributed by atoms with Gasteiger partial charge in [-0.2, -0.15) is 10.1 Å². The lowest BCUT2D eigenvalue weighted by atomic mass is 10.1. The highest BCUT2D eigenvalue weighted by molar-refractivity contribution is 6.31. The number of aromatic nitrogens is 5. The van der Waals surface area contributed by atoms with Gasteiger partial charge in [-0.05, 0) is 11.6 Å². The molecule has 9 nitrogen and oxygen atoms in total. The first-order valence-electron chi connectivity index (χ1n) is 7.33. The van der Waals surface area contributed by atoms with Crippen molar-refractivity contribution in [3.05, 3.63) is 47.3 Å². The number of nitrogens with one attached hydrogen (secondary N) is 2. The van der Waals surface area contributed by atoms with Crippen molar-refractivity contribution in [2.45, 2.75) is 6.54 Å². The van der Waals surface area contributed by atoms with E-state index in [9.17, 15) is 9.18 Å². The molecule has 0 unspecified atom stereocenters. The number of amides is 1. The minimum absolute atomic E-state index is 0.0747. The van der Waals surface area contributed by atoms with Crippen LogP contribution in [0.5, 0.6) is 0 Å². The fourth-order valence-corrected chi connectivity index (χ4v) is 2.40. The average molecular weight is 378 g/mol. The number of hydrogen-bond donors (Lipinski definition) is 3. The second-order valence-electron chi connectivity index (χ2n) is 5.22. The van der Waals surface area contributed by atoms with Gasteiger partial charge in [0.2, 0.25) is 5.95 Å². The van der Waals surface area contributed by atoms with E-state index in [1.165, 1.54) is 18.5 Å². The lowest BCUT2D eigenvalue weighted by Crippen LogP contribution is -2.20. The molecule has 0 fully saturated rings. The van der Waals surface area contributed by atoms with Crippen molar-refractivity contribution in [1.29, 1.82) is 0 Å². The lowest BCUT2D eigenvalue weighted by Gasteiger charge is -2.09. The molecule has 26 heavy (non-hydrogen) atoms. The van der Waals surface area contributed by atoms with Crippen molar-refractivity contribution in [3.63, 3.8) is 0 Å². The van der Waals surface area contributed by atoms with Crippen molar-refractivity contribution < 1.29 is 14.3 Å². The highest BCUT2D eigenvalue weighted by Crippen LogP contribution is 2.29. The maximum absolute atomic E-state index is 14.6. The normalized spacial score (nSPS) is 10.6. The van der Waals surface area contributed by atoms with Crippen molar-refractivity contribution in [2.75, 3.05) is 5.32 Å². The Balaban J connectivity index is 1.88. The van der Waals surface area contributed by atoms with E-state index < -0.39 is 11.9 Å². The number of halogens is 2. The first-order valence-corrected chi connectivity index (χ1v) is 7.70. The van der Waals surface area contributed by atoms with Crippen molar-refractivity contribution in [2.24, 2.45) is 7.05 Å². The van der Waals surface area contributed by atoms with Gasteiger partial charge in [0, 0.05) is 19.8 Å². The second kappa shape index (κ2) is 7.31. The Morgan fingerprint density at radius 2 is 2.19 bits per heavy atom. The molecule has 1 aromatic carbocycles. The van der Waals surface area contributed by atoms with Gasteiger partial charge in [0.15, 0.2) is 11.6 Å². The smallest absolute Gasteiger partial charge is 0.404 e. The number of rotatable bonds is 5. The van der Waals surface area contributed by atoms with Crippen LogP contribution in [0.25, 0.3) is 11.4 Å². The number of hydrogen-bond acceptors (Lipinski definition) is 6. The van der Waals surface area contributed by atoms with E-state index in [0.717, 1.165) is 0 Å². The number of carbonyl (C=O) groups is 1. The maximum atomic E-state index is 14.6. The molecule has 3 rings (SSSR count). The quantitative estimate of drug-likeness (QED) is 0.625. The molecule has 3 aromatic rings. The molecule has 2 aromatic heterocycles. The molecule has 0 aliphatic heterocycles. The van der Waals surface area contributed by atoms with E-state index in [-0.39, 0.29) is 28.9 Å². The first kappa shape index (κ1) is 17.5. The summed E-state index contributed by atoms with van der Waals surface area (Å²) in [6.45, 7) is -0.115. The zero-order chi connectivity index (χ0) is 18.7. The zero-order valence-electron chi connectivity index (χ0n) is 13.4. The minimum Gasteiger partial charge on any atom is -0.465 e. The third-order valence-corrected chi connectivity index (χ3v) is 3.77. The van der Waals surface area contributed by atoms with Gasteiger partial charge in [-0.1, -0.05) is 17.7 Å². The Morgan fingerprint density at radius 3 is 2.88 bits per heavy atom. The van der Waals surface area contributed by atoms with Gasteiger partial charge in [-0.3, -0.25) is 4.68 Å². The van der Waals surface area contributed by atoms with Crippen LogP contribution in [0.2, 0.25) is 5.02 Å². The van der Waals surface area contributed by atoms with E-state index in [0.29, 0.717) is 11.3 Å². The number of carboxylic acid groups (broad SMARTS) is 1. The van der Waals surface area contributed by atoms with E-state index in [2.05, 4.69) is 30.7 Å². The van der Waals surface area contributed by atoms with E-state index in [1.54, 1.807) is 24.1 Å². The lowest BCUT2D eigenvalue weighted by molar-refractivity contribution is 0.194. The van der Waals surface area contributed by atoms with Gasteiger partial charge in [-0.25, -0.2) is 19.2 Å². The summed E-state index contributed by atoms with van der Waals surface area (Å²) in [6, 6.07) is 2.94. The summed E-state index contributed by atoms with van der Waals surface area (Å²) in [6.07, 6.45) is 3.33. The fraction of sp³-hybridized carbons (Fsp3) is 0.133. The largest absolute Gasteiger partial charge is 0.465 e. The highest BCUT2D eigenvalue weighted by atomic mass is 35.5. The molecule has 0 saturated carbocycles. The molecule has 11 heteroatoms. The van der Waals surface area contributed by atoms with Crippen LogP contribution in [0.1, 0.15) is 5.56 Å². The predicted octanol–water partition coefficient (Wildman–Crippen LogP) is 2.58. The van der Waals surface area contributed by atoms with Crippen LogP contribution in [0, 0.1) is 5.82 Å². The molecule has 0 atom stereocenters. The Kier molecular flexibility index (Phi) is 4.94. The summed E-state index contributed by atoms with van der Waals surface area (Å²) >= 11 is 6.00. The maximum Gasteiger partial charge on any atom is 0.404 e. The van der Waals surface area contributed by atoms with Crippen LogP contribution < -0.4 is 10.6 Å². The highest BCUT2D eigenvalue weighted by Gasteiger charge is 2.16. The Labute approximate surface area is 151 Å². The van der Waals surface area contributed by atoms with Crippen LogP contribution >= 0.6 is 11.6 Å². The summed E-state index contributed by atoms with van der Waals surface area (Å²) < 4.78 is 16.2. The van der Waals surface area contributed by atoms with Gasteiger partial charge >= 0.3 is 6.09 Å². The van der Waals surface area contributed by atoms with Crippen LogP contribution in [0.4, 0.5) is 20.8 Å². The number of aryl methyl sites for hydroxylation is 1. The van der Waals surface area contributed by atoms with E-state index in [4.69, 9.17) is 16.7 Å². The molecule has 3 N–H and O–H groups in total. The van der Waals surface area contributed by atoms with E-state index in [1.807, 2.05) is 0 Å². The topological polar surface area (TPSA) is 118 Å². The summed E-state index contributed by atoms with van der Waals surface area (Å²) in [5.74, 6) is -0.437. The third-order valence-electron chi connectivity index (χ3n) is 3.37. The molecule has 2 heterocycles. The molecular formula is C15H13ClFN7O2. The fourth-order valence-electron chi connectivity index (χ4n) is 2.17. The molecule has 0 bridgehead atoms. The number of anilines is 2. The van der Waals surface area contributed by atoms with Gasteiger partial charge in [0.1, 0.15) is 6.33 Å². The Bertz CT molecular complexity index is 963. The molecule has 134 valence electrons. The minimum atomic E-state index is -1.23. The third kappa shape index (κ3) is 3.86. The van der Waals surface area contributed by atoms with Crippen LogP contribution in [0.15, 0.2) is 30.9 Å². The van der Waals surface area contributed by atoms with Gasteiger partial charge in [-0.15, -0.1) is 0 Å². The summed E-state index contributed by atoms with van der Waals surface area (Å²) in [7, 11) is 1.77. The van der Waals surface area contributed by atoms with Crippen molar-refractivity contribution in [3.8, 4) is 11.4 Å². The summed E-state index contributed by atoms with van der Waals surface area (Å²) in [5, 5.41) is 17.5. The molecule has 0 radical (unpaired) electrons. The zero-order valence-corrected chi connectivity index (χ0v) is 14.2. The predicted molar refractivity (Wildman–Crippen MR) is 91.6 cm³/mol. The van der Waals surface area contributed by atoms with Crippen LogP contribution in [-0.2, 0) is 13.6 Å². The summed E-state index contributed by atoms with van der Waals surface area (Å²) in [5.41, 5.74) is 1.04. The van der Waals surface area contributed by atoms with Gasteiger partial charge in [0.05, 0.1) is 22.5 Å². The second-order valence-corrected chi connectivity index (χ2v) is 5.60. The van der Waals surface area contributed by atoms with Crippen molar-refractivity contribution in [1.82, 2.24) is 30.0 Å². The monoisotopic (exact) mass is 377 g/mol. The Hall–Kier alpha value is -3.27. The standard InChI is InChI=1S/C15H13ClFN7O2/c1-24-6-9(5-21-24)22-14-20-7-19-13(23-14)10-3-2-8(4-18-15(25)26)11(16)12(10)17/h2-3,5-7,18H,4H2,1H3,(H,25,26)(H,19,20,22,23). The van der Waals surface area contributed by atoms with E-state index >= 15 is 0 Å². The molecule has 0 spiro atoms. The molecular weight excluding hydrogens is 365 g/mol. The molecule has 0 aliphatic carbocycles. The number of benzene rings is 1. The van der Waals surface area contributed by atoms with Crippen molar-refractivity contribution >= 4 is 29.3 Å². The first-order chi connectivity index (χ1) is 12.4. The summed E-state index contributed by atoms with van der Waals surface area (Å²) in [4.78, 5) is 22.7. The Morgan fingerprint density at radius 1 is 1.38 bits per heavy atom. The number of nitrogens with zero attached hydrogens (tertiary/aromatic N) is 5. The average Bonchev–Trinajstić information content (AvgIpc) is 3.01. The van der Waals surface area contributed by atoms with Gasteiger partial charge < -0.3 is 15.7 Å². The molecule has 0 aliphatic rings. The molecule has 1 amide bonds. The van der Waals surface area contributed by atoms with Gasteiger partial charge in [0.25, 0.3) is 0 Å². The molecule has 0 saturated heterocycles.